The molecule has 0 aromatic rings. The Bertz CT molecular complexity index is 407. The summed E-state index contributed by atoms with van der Waals surface area (Å²) in [6, 6.07) is 0.313. The third-order valence-corrected chi connectivity index (χ3v) is 4.37. The zero-order valence-corrected chi connectivity index (χ0v) is 11.4. The summed E-state index contributed by atoms with van der Waals surface area (Å²) < 4.78 is 5.22. The van der Waals surface area contributed by atoms with E-state index in [0.29, 0.717) is 30.8 Å². The molecular weight excluding hydrogens is 246 g/mol. The van der Waals surface area contributed by atoms with Gasteiger partial charge in [0.15, 0.2) is 0 Å². The molecule has 1 saturated heterocycles. The minimum absolute atomic E-state index is 0.0994. The lowest BCUT2D eigenvalue weighted by Gasteiger charge is -2.45. The van der Waals surface area contributed by atoms with Crippen LogP contribution in [0.5, 0.6) is 0 Å². The molecule has 3 aliphatic rings. The molecule has 0 unspecified atom stereocenters. The zero-order chi connectivity index (χ0) is 13.7. The molecule has 3 amide bonds. The summed E-state index contributed by atoms with van der Waals surface area (Å²) in [6.07, 6.45) is 3.14. The highest BCUT2D eigenvalue weighted by Crippen LogP contribution is 2.40. The van der Waals surface area contributed by atoms with E-state index >= 15 is 0 Å². The van der Waals surface area contributed by atoms with Gasteiger partial charge in [0.25, 0.3) is 0 Å². The molecule has 0 aromatic carbocycles. The van der Waals surface area contributed by atoms with E-state index in [1.54, 1.807) is 0 Å². The van der Waals surface area contributed by atoms with Crippen LogP contribution in [0.2, 0.25) is 0 Å². The summed E-state index contributed by atoms with van der Waals surface area (Å²) in [7, 11) is 0. The van der Waals surface area contributed by atoms with Crippen molar-refractivity contribution in [2.45, 2.75) is 57.2 Å². The fourth-order valence-electron chi connectivity index (χ4n) is 3.46. The van der Waals surface area contributed by atoms with Crippen molar-refractivity contribution in [2.75, 3.05) is 6.54 Å². The van der Waals surface area contributed by atoms with E-state index in [1.165, 1.54) is 0 Å². The van der Waals surface area contributed by atoms with Gasteiger partial charge in [-0.05, 0) is 18.3 Å². The second-order valence-electron chi connectivity index (χ2n) is 6.92. The van der Waals surface area contributed by atoms with Crippen LogP contribution in [0.1, 0.15) is 39.5 Å². The van der Waals surface area contributed by atoms with Gasteiger partial charge in [-0.25, -0.2) is 9.59 Å². The number of nitrogens with one attached hydrogen (secondary N) is 3. The number of ether oxygens (including phenoxy) is 1. The van der Waals surface area contributed by atoms with E-state index in [9.17, 15) is 9.59 Å². The number of rotatable bonds is 2. The SMILES string of the molecule is CC1(C)CC(NC(=O)NC2CC3(CNC(=O)O3)C2)C1. The van der Waals surface area contributed by atoms with Gasteiger partial charge in [0, 0.05) is 24.9 Å². The van der Waals surface area contributed by atoms with E-state index in [2.05, 4.69) is 29.8 Å². The van der Waals surface area contributed by atoms with Crippen molar-refractivity contribution in [2.24, 2.45) is 5.41 Å². The van der Waals surface area contributed by atoms with Crippen molar-refractivity contribution >= 4 is 12.1 Å². The predicted octanol–water partition coefficient (Wildman–Crippen LogP) is 1.12. The van der Waals surface area contributed by atoms with Crippen LogP contribution in [0.4, 0.5) is 9.59 Å². The molecule has 106 valence electrons. The molecule has 0 atom stereocenters. The zero-order valence-electron chi connectivity index (χ0n) is 11.4. The maximum Gasteiger partial charge on any atom is 0.407 e. The lowest BCUT2D eigenvalue weighted by molar-refractivity contribution is -0.0262. The van der Waals surface area contributed by atoms with Crippen LogP contribution in [0.3, 0.4) is 0 Å². The van der Waals surface area contributed by atoms with Gasteiger partial charge in [-0.1, -0.05) is 13.8 Å². The molecule has 19 heavy (non-hydrogen) atoms. The van der Waals surface area contributed by atoms with Crippen LogP contribution in [0.15, 0.2) is 0 Å². The summed E-state index contributed by atoms with van der Waals surface area (Å²) in [4.78, 5) is 22.8. The number of urea groups is 1. The average Bonchev–Trinajstić information content (AvgIpc) is 2.57. The van der Waals surface area contributed by atoms with Crippen molar-refractivity contribution in [1.82, 2.24) is 16.0 Å². The first-order valence-electron chi connectivity index (χ1n) is 6.90. The van der Waals surface area contributed by atoms with Crippen LogP contribution >= 0.6 is 0 Å². The molecule has 1 heterocycles. The molecule has 3 N–H and O–H groups in total. The van der Waals surface area contributed by atoms with E-state index < -0.39 is 0 Å². The van der Waals surface area contributed by atoms with Crippen LogP contribution in [0, 0.1) is 5.41 Å². The third-order valence-electron chi connectivity index (χ3n) is 4.37. The number of carbonyl (C=O) groups is 2. The Morgan fingerprint density at radius 2 is 1.79 bits per heavy atom. The Morgan fingerprint density at radius 1 is 1.21 bits per heavy atom. The summed E-state index contributed by atoms with van der Waals surface area (Å²) >= 11 is 0. The van der Waals surface area contributed by atoms with Gasteiger partial charge in [0.1, 0.15) is 5.60 Å². The molecule has 3 rings (SSSR count). The molecule has 0 radical (unpaired) electrons. The summed E-state index contributed by atoms with van der Waals surface area (Å²) in [6.45, 7) is 4.98. The second kappa shape index (κ2) is 4.02. The molecule has 0 aromatic heterocycles. The van der Waals surface area contributed by atoms with Crippen LogP contribution in [-0.2, 0) is 4.74 Å². The van der Waals surface area contributed by atoms with Crippen LogP contribution in [0.25, 0.3) is 0 Å². The van der Waals surface area contributed by atoms with Crippen LogP contribution in [-0.4, -0.2) is 36.4 Å². The van der Waals surface area contributed by atoms with Gasteiger partial charge in [-0.15, -0.1) is 0 Å². The highest BCUT2D eigenvalue weighted by Gasteiger charge is 2.51. The highest BCUT2D eigenvalue weighted by atomic mass is 16.6. The molecule has 6 heteroatoms. The van der Waals surface area contributed by atoms with E-state index in [-0.39, 0.29) is 23.8 Å². The molecule has 6 nitrogen and oxygen atoms in total. The molecule has 0 bridgehead atoms. The van der Waals surface area contributed by atoms with Gasteiger partial charge in [-0.2, -0.15) is 0 Å². The maximum absolute atomic E-state index is 11.8. The first kappa shape index (κ1) is 12.6. The first-order chi connectivity index (χ1) is 8.86. The topological polar surface area (TPSA) is 79.5 Å². The largest absolute Gasteiger partial charge is 0.441 e. The number of carbonyl (C=O) groups excluding carboxylic acids is 2. The Balaban J connectivity index is 1.37. The minimum Gasteiger partial charge on any atom is -0.441 e. The lowest BCUT2D eigenvalue weighted by Crippen LogP contribution is -2.60. The van der Waals surface area contributed by atoms with E-state index in [1.807, 2.05) is 0 Å². The monoisotopic (exact) mass is 267 g/mol. The van der Waals surface area contributed by atoms with E-state index in [0.717, 1.165) is 12.8 Å². The molecule has 2 saturated carbocycles. The first-order valence-corrected chi connectivity index (χ1v) is 6.90. The number of alkyl carbamates (subject to hydrolysis) is 1. The molecule has 2 aliphatic carbocycles. The van der Waals surface area contributed by atoms with Crippen molar-refractivity contribution < 1.29 is 14.3 Å². The Labute approximate surface area is 112 Å². The standard InChI is InChI=1S/C13H21N3O3/c1-12(2)3-8(4-12)15-10(17)16-9-5-13(6-9)7-14-11(18)19-13/h8-9H,3-7H2,1-2H3,(H,14,18)(H2,15,16,17). The summed E-state index contributed by atoms with van der Waals surface area (Å²) in [5.41, 5.74) is -0.00428. The van der Waals surface area contributed by atoms with Crippen molar-refractivity contribution in [1.29, 1.82) is 0 Å². The van der Waals surface area contributed by atoms with Crippen LogP contribution < -0.4 is 16.0 Å². The predicted molar refractivity (Wildman–Crippen MR) is 68.7 cm³/mol. The maximum atomic E-state index is 11.8. The number of hydrogen-bond donors (Lipinski definition) is 3. The Hall–Kier alpha value is -1.46. The third kappa shape index (κ3) is 2.48. The number of amides is 3. The van der Waals surface area contributed by atoms with Gasteiger partial charge in [-0.3, -0.25) is 0 Å². The van der Waals surface area contributed by atoms with Gasteiger partial charge >= 0.3 is 12.1 Å². The van der Waals surface area contributed by atoms with Gasteiger partial charge < -0.3 is 20.7 Å². The average molecular weight is 267 g/mol. The summed E-state index contributed by atoms with van der Waals surface area (Å²) in [5.74, 6) is 0. The van der Waals surface area contributed by atoms with Crippen molar-refractivity contribution in [3.63, 3.8) is 0 Å². The van der Waals surface area contributed by atoms with Gasteiger partial charge in [0.2, 0.25) is 0 Å². The quantitative estimate of drug-likeness (QED) is 0.701. The fraction of sp³-hybridized carbons (Fsp3) is 0.846. The fourth-order valence-corrected chi connectivity index (χ4v) is 3.46. The molecular formula is C13H21N3O3. The molecule has 3 fully saturated rings. The Kier molecular flexibility index (Phi) is 2.66. The van der Waals surface area contributed by atoms with Crippen molar-refractivity contribution in [3.8, 4) is 0 Å². The molecule has 1 aliphatic heterocycles. The number of hydrogen-bond acceptors (Lipinski definition) is 3. The molecule has 1 spiro atoms. The summed E-state index contributed by atoms with van der Waals surface area (Å²) in [5, 5.41) is 8.58. The lowest BCUT2D eigenvalue weighted by atomic mass is 9.68. The highest BCUT2D eigenvalue weighted by molar-refractivity contribution is 5.75. The normalized spacial score (nSPS) is 30.8. The smallest absolute Gasteiger partial charge is 0.407 e. The Morgan fingerprint density at radius 3 is 2.26 bits per heavy atom. The second-order valence-corrected chi connectivity index (χ2v) is 6.92. The minimum atomic E-state index is -0.368. The van der Waals surface area contributed by atoms with Gasteiger partial charge in [0.05, 0.1) is 6.54 Å². The van der Waals surface area contributed by atoms with E-state index in [4.69, 9.17) is 4.74 Å². The van der Waals surface area contributed by atoms with Crippen molar-refractivity contribution in [3.05, 3.63) is 0 Å².